The number of nitriles is 1. The average Bonchev–Trinajstić information content (AvgIpc) is 2.43. The molecule has 2 aromatic rings. The molecule has 3 nitrogen and oxygen atoms in total. The molecule has 21 heavy (non-hydrogen) atoms. The Morgan fingerprint density at radius 1 is 1.19 bits per heavy atom. The third-order valence-electron chi connectivity index (χ3n) is 2.52. The molecule has 0 heterocycles. The molecule has 2 rings (SSSR count). The second-order valence-electron chi connectivity index (χ2n) is 4.19. The Hall–Kier alpha value is -2.39. The highest BCUT2D eigenvalue weighted by Gasteiger charge is 2.13. The number of hydrogen-bond acceptors (Lipinski definition) is 3. The van der Waals surface area contributed by atoms with Crippen LogP contribution in [0.15, 0.2) is 46.2 Å². The van der Waals surface area contributed by atoms with Gasteiger partial charge in [0.1, 0.15) is 11.6 Å². The molecular formula is C15H10F2N2OS. The summed E-state index contributed by atoms with van der Waals surface area (Å²) >= 11 is 0.915. The summed E-state index contributed by atoms with van der Waals surface area (Å²) in [6.07, 6.45) is 0. The molecule has 1 amide bonds. The van der Waals surface area contributed by atoms with E-state index >= 15 is 0 Å². The molecule has 2 aromatic carbocycles. The van der Waals surface area contributed by atoms with Gasteiger partial charge in [-0.15, -0.1) is 0 Å². The maximum Gasteiger partial charge on any atom is 0.221 e. The summed E-state index contributed by atoms with van der Waals surface area (Å²) in [5, 5.41) is 11.2. The Bertz CT molecular complexity index is 700. The molecule has 0 saturated carbocycles. The van der Waals surface area contributed by atoms with Crippen LogP contribution in [0, 0.1) is 23.0 Å². The predicted molar refractivity (Wildman–Crippen MR) is 75.9 cm³/mol. The van der Waals surface area contributed by atoms with E-state index in [4.69, 9.17) is 5.26 Å². The van der Waals surface area contributed by atoms with Crippen LogP contribution in [0.2, 0.25) is 0 Å². The van der Waals surface area contributed by atoms with Crippen LogP contribution in [-0.2, 0) is 4.79 Å². The van der Waals surface area contributed by atoms with Gasteiger partial charge in [-0.05, 0) is 36.4 Å². The molecule has 6 heteroatoms. The normalized spacial score (nSPS) is 10.0. The van der Waals surface area contributed by atoms with Gasteiger partial charge < -0.3 is 5.32 Å². The molecule has 0 atom stereocenters. The fraction of sp³-hybridized carbons (Fsp3) is 0.0667. The molecule has 0 bridgehead atoms. The molecule has 1 N–H and O–H groups in total. The molecule has 0 aliphatic heterocycles. The van der Waals surface area contributed by atoms with Gasteiger partial charge in [0.25, 0.3) is 0 Å². The van der Waals surface area contributed by atoms with Crippen LogP contribution in [0.25, 0.3) is 0 Å². The maximum absolute atomic E-state index is 13.8. The molecule has 0 aliphatic rings. The van der Waals surface area contributed by atoms with Gasteiger partial charge in [-0.1, -0.05) is 11.8 Å². The Balaban J connectivity index is 2.23. The van der Waals surface area contributed by atoms with E-state index in [0.29, 0.717) is 10.6 Å². The highest BCUT2D eigenvalue weighted by atomic mass is 32.2. The highest BCUT2D eigenvalue weighted by molar-refractivity contribution is 7.99. The van der Waals surface area contributed by atoms with Crippen LogP contribution in [-0.4, -0.2) is 5.91 Å². The van der Waals surface area contributed by atoms with E-state index in [9.17, 15) is 13.6 Å². The number of rotatable bonds is 3. The average molecular weight is 304 g/mol. The van der Waals surface area contributed by atoms with Gasteiger partial charge in [0.2, 0.25) is 5.91 Å². The van der Waals surface area contributed by atoms with Gasteiger partial charge in [0.05, 0.1) is 16.5 Å². The van der Waals surface area contributed by atoms with Gasteiger partial charge in [-0.3, -0.25) is 4.79 Å². The Kier molecular flexibility index (Phi) is 4.55. The lowest BCUT2D eigenvalue weighted by Crippen LogP contribution is -2.05. The quantitative estimate of drug-likeness (QED) is 0.934. The van der Waals surface area contributed by atoms with Crippen molar-refractivity contribution in [1.82, 2.24) is 0 Å². The van der Waals surface area contributed by atoms with Crippen molar-refractivity contribution < 1.29 is 13.6 Å². The smallest absolute Gasteiger partial charge is 0.221 e. The van der Waals surface area contributed by atoms with E-state index in [1.54, 1.807) is 30.3 Å². The van der Waals surface area contributed by atoms with E-state index in [2.05, 4.69) is 5.32 Å². The first kappa shape index (κ1) is 15.0. The van der Waals surface area contributed by atoms with Crippen molar-refractivity contribution in [2.45, 2.75) is 16.7 Å². The summed E-state index contributed by atoms with van der Waals surface area (Å²) in [4.78, 5) is 11.3. The Morgan fingerprint density at radius 3 is 2.24 bits per heavy atom. The van der Waals surface area contributed by atoms with Gasteiger partial charge >= 0.3 is 0 Å². The van der Waals surface area contributed by atoms with Crippen molar-refractivity contribution >= 4 is 23.4 Å². The van der Waals surface area contributed by atoms with Gasteiger partial charge in [-0.25, -0.2) is 8.78 Å². The number of halogens is 2. The first-order chi connectivity index (χ1) is 9.99. The molecule has 0 radical (unpaired) electrons. The largest absolute Gasteiger partial charge is 0.326 e. The van der Waals surface area contributed by atoms with Crippen molar-refractivity contribution in [3.63, 3.8) is 0 Å². The molecular weight excluding hydrogens is 294 g/mol. The minimum atomic E-state index is -0.775. The fourth-order valence-electron chi connectivity index (χ4n) is 1.65. The summed E-state index contributed by atoms with van der Waals surface area (Å²) < 4.78 is 27.5. The maximum atomic E-state index is 13.8. The van der Waals surface area contributed by atoms with Crippen LogP contribution in [0.1, 0.15) is 12.5 Å². The molecule has 0 saturated heterocycles. The van der Waals surface area contributed by atoms with Crippen LogP contribution in [0.5, 0.6) is 0 Å². The van der Waals surface area contributed by atoms with Gasteiger partial charge in [0, 0.05) is 17.5 Å². The zero-order valence-electron chi connectivity index (χ0n) is 11.0. The zero-order valence-corrected chi connectivity index (χ0v) is 11.8. The summed E-state index contributed by atoms with van der Waals surface area (Å²) in [7, 11) is 0. The topological polar surface area (TPSA) is 52.9 Å². The fourth-order valence-corrected chi connectivity index (χ4v) is 2.47. The molecule has 0 fully saturated rings. The predicted octanol–water partition coefficient (Wildman–Crippen LogP) is 3.95. The van der Waals surface area contributed by atoms with Crippen LogP contribution in [0.4, 0.5) is 14.5 Å². The SMILES string of the molecule is CC(=O)Nc1ccc(Sc2c(F)cc(C#N)cc2F)cc1. The summed E-state index contributed by atoms with van der Waals surface area (Å²) in [5.74, 6) is -1.75. The third-order valence-corrected chi connectivity index (χ3v) is 3.62. The number of nitrogens with one attached hydrogen (secondary N) is 1. The lowest BCUT2D eigenvalue weighted by molar-refractivity contribution is -0.114. The first-order valence-electron chi connectivity index (χ1n) is 5.94. The monoisotopic (exact) mass is 304 g/mol. The van der Waals surface area contributed by atoms with Crippen molar-refractivity contribution in [2.75, 3.05) is 5.32 Å². The van der Waals surface area contributed by atoms with Crippen molar-refractivity contribution in [3.8, 4) is 6.07 Å². The summed E-state index contributed by atoms with van der Waals surface area (Å²) in [5.41, 5.74) is 0.544. The van der Waals surface area contributed by atoms with Gasteiger partial charge in [-0.2, -0.15) is 5.26 Å². The van der Waals surface area contributed by atoms with Crippen molar-refractivity contribution in [3.05, 3.63) is 53.6 Å². The number of anilines is 1. The molecule has 0 unspecified atom stereocenters. The Labute approximate surface area is 124 Å². The van der Waals surface area contributed by atoms with E-state index in [1.807, 2.05) is 0 Å². The van der Waals surface area contributed by atoms with E-state index in [0.717, 1.165) is 23.9 Å². The van der Waals surface area contributed by atoms with Crippen LogP contribution >= 0.6 is 11.8 Å². The van der Waals surface area contributed by atoms with Gasteiger partial charge in [0.15, 0.2) is 0 Å². The number of benzene rings is 2. The number of amides is 1. The second-order valence-corrected chi connectivity index (χ2v) is 5.27. The minimum absolute atomic E-state index is 0.0599. The van der Waals surface area contributed by atoms with Crippen molar-refractivity contribution in [2.24, 2.45) is 0 Å². The molecule has 0 spiro atoms. The second kappa shape index (κ2) is 6.37. The number of hydrogen-bond donors (Lipinski definition) is 1. The van der Waals surface area contributed by atoms with E-state index in [-0.39, 0.29) is 16.4 Å². The third kappa shape index (κ3) is 3.80. The van der Waals surface area contributed by atoms with Crippen LogP contribution < -0.4 is 5.32 Å². The lowest BCUT2D eigenvalue weighted by atomic mass is 10.2. The molecule has 0 aliphatic carbocycles. The summed E-state index contributed by atoms with van der Waals surface area (Å²) in [6.45, 7) is 1.39. The number of carbonyl (C=O) groups is 1. The standard InChI is InChI=1S/C15H10F2N2OS/c1-9(20)19-11-2-4-12(5-3-11)21-15-13(16)6-10(8-18)7-14(15)17/h2-7H,1H3,(H,19,20). The summed E-state index contributed by atoms with van der Waals surface area (Å²) in [6, 6.07) is 10.3. The van der Waals surface area contributed by atoms with E-state index in [1.165, 1.54) is 6.92 Å². The minimum Gasteiger partial charge on any atom is -0.326 e. The molecule has 0 aromatic heterocycles. The first-order valence-corrected chi connectivity index (χ1v) is 6.76. The number of carbonyl (C=O) groups excluding carboxylic acids is 1. The number of nitrogens with zero attached hydrogens (tertiary/aromatic N) is 1. The van der Waals surface area contributed by atoms with Crippen molar-refractivity contribution in [1.29, 1.82) is 5.26 Å². The molecule has 106 valence electrons. The zero-order chi connectivity index (χ0) is 15.4. The Morgan fingerprint density at radius 2 is 1.76 bits per heavy atom. The highest BCUT2D eigenvalue weighted by Crippen LogP contribution is 2.33. The van der Waals surface area contributed by atoms with Crippen LogP contribution in [0.3, 0.4) is 0 Å². The lowest BCUT2D eigenvalue weighted by Gasteiger charge is -2.07. The van der Waals surface area contributed by atoms with E-state index < -0.39 is 11.6 Å².